The molecule has 2 N–H and O–H groups in total. The van der Waals surface area contributed by atoms with Crippen molar-refractivity contribution >= 4 is 11.8 Å². The number of hydrogen-bond acceptors (Lipinski definition) is 3. The van der Waals surface area contributed by atoms with Gasteiger partial charge >= 0.3 is 5.97 Å². The van der Waals surface area contributed by atoms with Crippen LogP contribution in [0.2, 0.25) is 0 Å². The Balaban J connectivity index is 2.41. The minimum atomic E-state index is -0.771. The number of Topliss-reactive ketones (excluding diaryl/α,β-unsaturated/α-hetero) is 1. The first-order chi connectivity index (χ1) is 12.2. The van der Waals surface area contributed by atoms with Crippen LogP contribution in [0.4, 0.5) is 0 Å². The maximum absolute atomic E-state index is 12.2. The molecule has 0 heterocycles. The zero-order valence-corrected chi connectivity index (χ0v) is 16.7. The Morgan fingerprint density at radius 3 is 2.62 bits per heavy atom. The van der Waals surface area contributed by atoms with Crippen LogP contribution >= 0.6 is 0 Å². The van der Waals surface area contributed by atoms with Crippen LogP contribution in [0.3, 0.4) is 0 Å². The van der Waals surface area contributed by atoms with Crippen molar-refractivity contribution in [2.24, 2.45) is 17.3 Å². The van der Waals surface area contributed by atoms with Gasteiger partial charge in [-0.05, 0) is 50.0 Å². The summed E-state index contributed by atoms with van der Waals surface area (Å²) in [5.41, 5.74) is 0.185. The largest absolute Gasteiger partial charge is 0.512 e. The third-order valence-corrected chi connectivity index (χ3v) is 5.31. The van der Waals surface area contributed by atoms with Gasteiger partial charge in [0.1, 0.15) is 5.78 Å². The summed E-state index contributed by atoms with van der Waals surface area (Å²) in [6, 6.07) is 0. The van der Waals surface area contributed by atoms with Gasteiger partial charge in [0.2, 0.25) is 0 Å². The number of carbonyl (C=O) groups is 2. The van der Waals surface area contributed by atoms with Gasteiger partial charge in [-0.3, -0.25) is 9.59 Å². The lowest BCUT2D eigenvalue weighted by molar-refractivity contribution is -0.137. The van der Waals surface area contributed by atoms with Crippen LogP contribution in [0.1, 0.15) is 85.0 Å². The quantitative estimate of drug-likeness (QED) is 0.259. The zero-order chi connectivity index (χ0) is 19.6. The monoisotopic (exact) mass is 364 g/mol. The molecule has 1 rings (SSSR count). The number of hydrogen-bond donors (Lipinski definition) is 2. The van der Waals surface area contributed by atoms with Crippen molar-refractivity contribution in [2.75, 3.05) is 0 Å². The Bertz CT molecular complexity index is 516. The summed E-state index contributed by atoms with van der Waals surface area (Å²) in [6.07, 6.45) is 13.6. The van der Waals surface area contributed by atoms with Crippen LogP contribution in [-0.4, -0.2) is 22.0 Å². The van der Waals surface area contributed by atoms with E-state index >= 15 is 0 Å². The number of unbranched alkanes of at least 4 members (excludes halogenated alkanes) is 2. The number of aliphatic hydroxyl groups excluding tert-OH is 1. The van der Waals surface area contributed by atoms with Crippen LogP contribution in [0.15, 0.2) is 24.0 Å². The molecule has 0 aromatic carbocycles. The molecule has 0 spiro atoms. The van der Waals surface area contributed by atoms with Gasteiger partial charge in [-0.2, -0.15) is 0 Å². The summed E-state index contributed by atoms with van der Waals surface area (Å²) in [6.45, 7) is 6.64. The number of aliphatic carboxylic acids is 1. The topological polar surface area (TPSA) is 74.6 Å². The Hall–Kier alpha value is -1.58. The molecule has 0 bridgehead atoms. The average molecular weight is 365 g/mol. The molecule has 0 aromatic heterocycles. The smallest absolute Gasteiger partial charge is 0.303 e. The normalized spacial score (nSPS) is 21.7. The fourth-order valence-electron chi connectivity index (χ4n) is 3.48. The van der Waals surface area contributed by atoms with E-state index in [1.54, 1.807) is 0 Å². The summed E-state index contributed by atoms with van der Waals surface area (Å²) in [5.74, 6) is -0.201. The SMILES string of the molecule is CCCCC(C)(C)C/C=C(/O)[C@H]1CC(=O)[C@@H](CC=CCCCC(=O)O)C1. The van der Waals surface area contributed by atoms with Gasteiger partial charge in [0, 0.05) is 24.7 Å². The molecule has 1 fully saturated rings. The lowest BCUT2D eigenvalue weighted by atomic mass is 9.83. The van der Waals surface area contributed by atoms with Crippen molar-refractivity contribution in [3.8, 4) is 0 Å². The summed E-state index contributed by atoms with van der Waals surface area (Å²) in [4.78, 5) is 22.6. The van der Waals surface area contributed by atoms with Crippen molar-refractivity contribution in [1.82, 2.24) is 0 Å². The van der Waals surface area contributed by atoms with Crippen LogP contribution < -0.4 is 0 Å². The van der Waals surface area contributed by atoms with Gasteiger partial charge in [-0.15, -0.1) is 0 Å². The molecule has 4 nitrogen and oxygen atoms in total. The first-order valence-electron chi connectivity index (χ1n) is 10.0. The Kier molecular flexibility index (Phi) is 9.68. The Morgan fingerprint density at radius 1 is 1.23 bits per heavy atom. The molecule has 0 aliphatic heterocycles. The van der Waals surface area contributed by atoms with Gasteiger partial charge in [0.15, 0.2) is 0 Å². The van der Waals surface area contributed by atoms with Crippen LogP contribution in [0.25, 0.3) is 0 Å². The van der Waals surface area contributed by atoms with E-state index in [-0.39, 0.29) is 29.5 Å². The number of carboxylic acid groups (broad SMARTS) is 1. The van der Waals surface area contributed by atoms with Crippen molar-refractivity contribution in [2.45, 2.75) is 85.0 Å². The number of aliphatic hydroxyl groups is 1. The standard InChI is InChI=1S/C22H36O4/c1-4-5-13-22(2,3)14-12-19(23)18-15-17(20(24)16-18)10-8-6-7-9-11-21(25)26/h6,8,12,17-18,23H,4-5,7,9-11,13-16H2,1-3H3,(H,25,26)/b8-6?,19-12+/t17-,18+/m0/s1. The van der Waals surface area contributed by atoms with Gasteiger partial charge < -0.3 is 10.2 Å². The molecule has 4 heteroatoms. The van der Waals surface area contributed by atoms with Gasteiger partial charge in [-0.25, -0.2) is 0 Å². The summed E-state index contributed by atoms with van der Waals surface area (Å²) < 4.78 is 0. The molecule has 0 amide bonds. The number of carboxylic acids is 1. The predicted molar refractivity (Wildman–Crippen MR) is 105 cm³/mol. The molecule has 148 valence electrons. The van der Waals surface area contributed by atoms with Crippen molar-refractivity contribution in [3.05, 3.63) is 24.0 Å². The highest BCUT2D eigenvalue weighted by Crippen LogP contribution is 2.36. The summed E-state index contributed by atoms with van der Waals surface area (Å²) in [5, 5.41) is 19.0. The molecule has 1 saturated carbocycles. The molecule has 26 heavy (non-hydrogen) atoms. The van der Waals surface area contributed by atoms with E-state index in [9.17, 15) is 14.7 Å². The lowest BCUT2D eigenvalue weighted by Gasteiger charge is -2.23. The zero-order valence-electron chi connectivity index (χ0n) is 16.7. The highest BCUT2D eigenvalue weighted by atomic mass is 16.4. The maximum Gasteiger partial charge on any atom is 0.303 e. The second kappa shape index (κ2) is 11.2. The lowest BCUT2D eigenvalue weighted by Crippen LogP contribution is -2.11. The second-order valence-electron chi connectivity index (χ2n) is 8.39. The minimum Gasteiger partial charge on any atom is -0.512 e. The molecule has 0 aromatic rings. The van der Waals surface area contributed by atoms with E-state index < -0.39 is 5.97 Å². The molecule has 0 radical (unpaired) electrons. The van der Waals surface area contributed by atoms with Crippen LogP contribution in [0, 0.1) is 17.3 Å². The van der Waals surface area contributed by atoms with E-state index in [0.717, 1.165) is 25.7 Å². The van der Waals surface area contributed by atoms with E-state index in [1.807, 2.05) is 18.2 Å². The van der Waals surface area contributed by atoms with Gasteiger partial charge in [0.05, 0.1) is 5.76 Å². The molecule has 0 unspecified atom stereocenters. The first-order valence-corrected chi connectivity index (χ1v) is 10.0. The first kappa shape index (κ1) is 22.5. The van der Waals surface area contributed by atoms with Crippen molar-refractivity contribution in [1.29, 1.82) is 0 Å². The Labute approximate surface area is 158 Å². The predicted octanol–water partition coefficient (Wildman–Crippen LogP) is 5.83. The van der Waals surface area contributed by atoms with Crippen LogP contribution in [0.5, 0.6) is 0 Å². The summed E-state index contributed by atoms with van der Waals surface area (Å²) >= 11 is 0. The summed E-state index contributed by atoms with van der Waals surface area (Å²) in [7, 11) is 0. The fourth-order valence-corrected chi connectivity index (χ4v) is 3.48. The van der Waals surface area contributed by atoms with E-state index in [1.165, 1.54) is 12.8 Å². The van der Waals surface area contributed by atoms with Crippen molar-refractivity contribution < 1.29 is 19.8 Å². The number of ketones is 1. The molecule has 1 aliphatic carbocycles. The van der Waals surface area contributed by atoms with Gasteiger partial charge in [-0.1, -0.05) is 45.8 Å². The molecular formula is C22H36O4. The third-order valence-electron chi connectivity index (χ3n) is 5.31. The highest BCUT2D eigenvalue weighted by molar-refractivity contribution is 5.83. The number of allylic oxidation sites excluding steroid dienone is 4. The molecule has 1 aliphatic rings. The molecular weight excluding hydrogens is 328 g/mol. The number of carbonyl (C=O) groups excluding carboxylic acids is 1. The minimum absolute atomic E-state index is 0.0145. The fraction of sp³-hybridized carbons (Fsp3) is 0.727. The average Bonchev–Trinajstić information content (AvgIpc) is 2.95. The van der Waals surface area contributed by atoms with E-state index in [4.69, 9.17) is 5.11 Å². The van der Waals surface area contributed by atoms with Crippen LogP contribution in [-0.2, 0) is 9.59 Å². The Morgan fingerprint density at radius 2 is 1.96 bits per heavy atom. The molecule has 0 saturated heterocycles. The second-order valence-corrected chi connectivity index (χ2v) is 8.39. The maximum atomic E-state index is 12.2. The highest BCUT2D eigenvalue weighted by Gasteiger charge is 2.33. The number of rotatable bonds is 12. The van der Waals surface area contributed by atoms with E-state index in [2.05, 4.69) is 20.8 Å². The van der Waals surface area contributed by atoms with Gasteiger partial charge in [0.25, 0.3) is 0 Å². The molecule has 2 atom stereocenters. The van der Waals surface area contributed by atoms with E-state index in [0.29, 0.717) is 25.0 Å². The van der Waals surface area contributed by atoms with Crippen molar-refractivity contribution in [3.63, 3.8) is 0 Å². The third kappa shape index (κ3) is 8.68.